The highest BCUT2D eigenvalue weighted by Crippen LogP contribution is 2.16. The summed E-state index contributed by atoms with van der Waals surface area (Å²) in [5.41, 5.74) is 11.7. The number of aromatic nitrogens is 1. The van der Waals surface area contributed by atoms with Crippen LogP contribution in [0.5, 0.6) is 0 Å². The molecule has 1 heterocycles. The van der Waals surface area contributed by atoms with Crippen LogP contribution in [0.3, 0.4) is 0 Å². The van der Waals surface area contributed by atoms with Gasteiger partial charge >= 0.3 is 0 Å². The molecule has 16 heavy (non-hydrogen) atoms. The van der Waals surface area contributed by atoms with Crippen LogP contribution < -0.4 is 16.4 Å². The molecule has 0 saturated carbocycles. The largest absolute Gasteiger partial charge is 0.384 e. The minimum Gasteiger partial charge on any atom is -0.384 e. The fraction of sp³-hybridized carbons (Fsp3) is 0.455. The molecule has 1 aromatic heterocycles. The molecule has 1 amide bonds. The molecule has 0 aliphatic heterocycles. The maximum Gasteiger partial charge on any atom is 0.236 e. The van der Waals surface area contributed by atoms with E-state index >= 15 is 0 Å². The van der Waals surface area contributed by atoms with E-state index in [2.05, 4.69) is 18.8 Å². The van der Waals surface area contributed by atoms with Crippen molar-refractivity contribution >= 4 is 17.4 Å². The van der Waals surface area contributed by atoms with Gasteiger partial charge in [-0.3, -0.25) is 4.79 Å². The first-order valence-electron chi connectivity index (χ1n) is 5.24. The predicted molar refractivity (Wildman–Crippen MR) is 64.9 cm³/mol. The van der Waals surface area contributed by atoms with Crippen LogP contribution in [0.15, 0.2) is 18.3 Å². The lowest BCUT2D eigenvalue weighted by Gasteiger charge is -2.25. The number of amides is 1. The van der Waals surface area contributed by atoms with Crippen molar-refractivity contribution in [1.82, 2.24) is 4.98 Å². The van der Waals surface area contributed by atoms with Gasteiger partial charge in [0.25, 0.3) is 0 Å². The monoisotopic (exact) mass is 222 g/mol. The topological polar surface area (TPSA) is 85.2 Å². The minimum absolute atomic E-state index is 0.196. The summed E-state index contributed by atoms with van der Waals surface area (Å²) in [6, 6.07) is 3.56. The van der Waals surface area contributed by atoms with Crippen LogP contribution in [0.2, 0.25) is 0 Å². The first-order valence-corrected chi connectivity index (χ1v) is 5.24. The Morgan fingerprint density at radius 3 is 2.75 bits per heavy atom. The number of hydrogen-bond acceptors (Lipinski definition) is 4. The number of rotatable bonds is 5. The van der Waals surface area contributed by atoms with Crippen molar-refractivity contribution in [2.75, 3.05) is 23.7 Å². The lowest BCUT2D eigenvalue weighted by atomic mass is 10.2. The number of hydrogen-bond donors (Lipinski definition) is 2. The van der Waals surface area contributed by atoms with E-state index in [0.29, 0.717) is 11.7 Å². The number of primary amides is 1. The first-order chi connectivity index (χ1) is 7.49. The SMILES string of the molecule is CC(C)CN(CC(N)=O)c1ccnc(N)c1. The van der Waals surface area contributed by atoms with E-state index in [-0.39, 0.29) is 12.5 Å². The Morgan fingerprint density at radius 2 is 2.25 bits per heavy atom. The Hall–Kier alpha value is -1.78. The smallest absolute Gasteiger partial charge is 0.236 e. The lowest BCUT2D eigenvalue weighted by molar-refractivity contribution is -0.116. The molecular weight excluding hydrogens is 204 g/mol. The van der Waals surface area contributed by atoms with Crippen LogP contribution in [0.1, 0.15) is 13.8 Å². The van der Waals surface area contributed by atoms with Gasteiger partial charge in [0.15, 0.2) is 0 Å². The summed E-state index contributed by atoms with van der Waals surface area (Å²) in [4.78, 5) is 16.8. The molecule has 1 aromatic rings. The number of nitrogens with zero attached hydrogens (tertiary/aromatic N) is 2. The third kappa shape index (κ3) is 3.76. The zero-order valence-electron chi connectivity index (χ0n) is 9.68. The van der Waals surface area contributed by atoms with Crippen LogP contribution >= 0.6 is 0 Å². The molecule has 1 rings (SSSR count). The van der Waals surface area contributed by atoms with Gasteiger partial charge in [-0.05, 0) is 12.0 Å². The second kappa shape index (κ2) is 5.34. The number of carbonyl (C=O) groups excluding carboxylic acids is 1. The number of nitrogen functional groups attached to an aromatic ring is 1. The van der Waals surface area contributed by atoms with Crippen molar-refractivity contribution in [3.63, 3.8) is 0 Å². The van der Waals surface area contributed by atoms with Gasteiger partial charge in [-0.15, -0.1) is 0 Å². The van der Waals surface area contributed by atoms with Crippen LogP contribution in [-0.4, -0.2) is 24.0 Å². The maximum atomic E-state index is 11.0. The van der Waals surface area contributed by atoms with Gasteiger partial charge in [0.1, 0.15) is 5.82 Å². The fourth-order valence-electron chi connectivity index (χ4n) is 1.52. The molecule has 0 aliphatic rings. The quantitative estimate of drug-likeness (QED) is 0.764. The van der Waals surface area contributed by atoms with Crippen LogP contribution in [0.25, 0.3) is 0 Å². The highest BCUT2D eigenvalue weighted by Gasteiger charge is 2.11. The molecule has 0 aromatic carbocycles. The molecule has 88 valence electrons. The molecule has 0 spiro atoms. The van der Waals surface area contributed by atoms with Gasteiger partial charge in [-0.1, -0.05) is 13.8 Å². The van der Waals surface area contributed by atoms with Gasteiger partial charge in [-0.25, -0.2) is 4.98 Å². The zero-order chi connectivity index (χ0) is 12.1. The molecule has 5 nitrogen and oxygen atoms in total. The second-order valence-electron chi connectivity index (χ2n) is 4.18. The summed E-state index contributed by atoms with van der Waals surface area (Å²) in [6.45, 7) is 5.12. The molecule has 0 atom stereocenters. The van der Waals surface area contributed by atoms with E-state index in [9.17, 15) is 4.79 Å². The molecule has 0 unspecified atom stereocenters. The van der Waals surface area contributed by atoms with Gasteiger partial charge in [0, 0.05) is 24.5 Å². The van der Waals surface area contributed by atoms with Crippen molar-refractivity contribution in [3.05, 3.63) is 18.3 Å². The Bertz CT molecular complexity index is 365. The van der Waals surface area contributed by atoms with E-state index in [1.807, 2.05) is 11.0 Å². The van der Waals surface area contributed by atoms with Gasteiger partial charge in [0.05, 0.1) is 6.54 Å². The Morgan fingerprint density at radius 1 is 1.56 bits per heavy atom. The number of carbonyl (C=O) groups is 1. The molecule has 0 fully saturated rings. The lowest BCUT2D eigenvalue weighted by Crippen LogP contribution is -2.36. The highest BCUT2D eigenvalue weighted by molar-refractivity contribution is 5.79. The second-order valence-corrected chi connectivity index (χ2v) is 4.18. The Labute approximate surface area is 95.4 Å². The first kappa shape index (κ1) is 12.3. The number of pyridine rings is 1. The van der Waals surface area contributed by atoms with Crippen molar-refractivity contribution in [3.8, 4) is 0 Å². The standard InChI is InChI=1S/C11H18N4O/c1-8(2)6-15(7-11(13)16)9-3-4-14-10(12)5-9/h3-5,8H,6-7H2,1-2H3,(H2,12,14)(H2,13,16). The fourth-order valence-corrected chi connectivity index (χ4v) is 1.52. The number of anilines is 2. The predicted octanol–water partition coefficient (Wildman–Crippen LogP) is 0.611. The molecular formula is C11H18N4O. The summed E-state index contributed by atoms with van der Waals surface area (Å²) in [7, 11) is 0. The normalized spacial score (nSPS) is 10.4. The summed E-state index contributed by atoms with van der Waals surface area (Å²) >= 11 is 0. The third-order valence-corrected chi connectivity index (χ3v) is 2.06. The van der Waals surface area contributed by atoms with E-state index in [1.165, 1.54) is 0 Å². The van der Waals surface area contributed by atoms with Crippen molar-refractivity contribution < 1.29 is 4.79 Å². The third-order valence-electron chi connectivity index (χ3n) is 2.06. The molecule has 0 aliphatic carbocycles. The minimum atomic E-state index is -0.351. The summed E-state index contributed by atoms with van der Waals surface area (Å²) < 4.78 is 0. The zero-order valence-corrected chi connectivity index (χ0v) is 9.68. The van der Waals surface area contributed by atoms with Crippen molar-refractivity contribution in [2.24, 2.45) is 11.7 Å². The molecule has 0 bridgehead atoms. The summed E-state index contributed by atoms with van der Waals surface area (Å²) in [6.07, 6.45) is 1.62. The molecule has 0 saturated heterocycles. The van der Waals surface area contributed by atoms with Crippen LogP contribution in [-0.2, 0) is 4.79 Å². The van der Waals surface area contributed by atoms with Gasteiger partial charge in [0.2, 0.25) is 5.91 Å². The summed E-state index contributed by atoms with van der Waals surface area (Å²) in [5, 5.41) is 0. The van der Waals surface area contributed by atoms with Crippen LogP contribution in [0, 0.1) is 5.92 Å². The van der Waals surface area contributed by atoms with E-state index < -0.39 is 0 Å². The average molecular weight is 222 g/mol. The number of nitrogens with two attached hydrogens (primary N) is 2. The maximum absolute atomic E-state index is 11.0. The highest BCUT2D eigenvalue weighted by atomic mass is 16.1. The van der Waals surface area contributed by atoms with Crippen molar-refractivity contribution in [2.45, 2.75) is 13.8 Å². The van der Waals surface area contributed by atoms with Gasteiger partial charge < -0.3 is 16.4 Å². The Balaban J connectivity index is 2.86. The van der Waals surface area contributed by atoms with E-state index in [4.69, 9.17) is 11.5 Å². The molecule has 4 N–H and O–H groups in total. The molecule has 5 heteroatoms. The van der Waals surface area contributed by atoms with E-state index in [1.54, 1.807) is 12.3 Å². The van der Waals surface area contributed by atoms with Crippen LogP contribution in [0.4, 0.5) is 11.5 Å². The van der Waals surface area contributed by atoms with E-state index in [0.717, 1.165) is 12.2 Å². The Kier molecular flexibility index (Phi) is 4.10. The van der Waals surface area contributed by atoms with Crippen molar-refractivity contribution in [1.29, 1.82) is 0 Å². The van der Waals surface area contributed by atoms with Gasteiger partial charge in [-0.2, -0.15) is 0 Å². The molecule has 0 radical (unpaired) electrons. The average Bonchev–Trinajstić information content (AvgIpc) is 2.15. The summed E-state index contributed by atoms with van der Waals surface area (Å²) in [5.74, 6) is 0.528.